The van der Waals surface area contributed by atoms with E-state index in [9.17, 15) is 4.79 Å². The Kier molecular flexibility index (Phi) is 5.09. The van der Waals surface area contributed by atoms with Crippen LogP contribution in [0.4, 0.5) is 5.69 Å². The molecule has 4 nitrogen and oxygen atoms in total. The fourth-order valence-corrected chi connectivity index (χ4v) is 3.43. The fourth-order valence-electron chi connectivity index (χ4n) is 3.43. The number of esters is 1. The number of ether oxygens (including phenoxy) is 1. The molecule has 3 aromatic carbocycles. The summed E-state index contributed by atoms with van der Waals surface area (Å²) in [4.78, 5) is 14.1. The van der Waals surface area contributed by atoms with Crippen LogP contribution in [-0.4, -0.2) is 26.7 Å². The minimum Gasteiger partial charge on any atom is -0.462 e. The molecule has 0 spiro atoms. The van der Waals surface area contributed by atoms with Crippen LogP contribution in [0, 0.1) is 0 Å². The first-order valence-corrected chi connectivity index (χ1v) is 9.65. The predicted molar refractivity (Wildman–Crippen MR) is 117 cm³/mol. The molecule has 0 aliphatic rings. The van der Waals surface area contributed by atoms with Gasteiger partial charge in [0, 0.05) is 36.3 Å². The normalized spacial score (nSPS) is 10.9. The second-order valence-corrected chi connectivity index (χ2v) is 7.04. The molecule has 0 aliphatic heterocycles. The molecule has 0 saturated heterocycles. The van der Waals surface area contributed by atoms with Gasteiger partial charge in [-0.3, -0.25) is 0 Å². The third-order valence-corrected chi connectivity index (χ3v) is 4.93. The predicted octanol–water partition coefficient (Wildman–Crippen LogP) is 6.01. The molecule has 0 saturated carbocycles. The number of rotatable bonds is 5. The van der Waals surface area contributed by atoms with Crippen LogP contribution in [-0.2, 0) is 4.74 Å². The van der Waals surface area contributed by atoms with Crippen molar-refractivity contribution in [3.63, 3.8) is 0 Å². The Morgan fingerprint density at radius 1 is 0.897 bits per heavy atom. The molecule has 1 heterocycles. The lowest BCUT2D eigenvalue weighted by Crippen LogP contribution is -2.07. The van der Waals surface area contributed by atoms with Gasteiger partial charge in [-0.05, 0) is 55.0 Å². The molecule has 4 heteroatoms. The number of benzene rings is 3. The molecular formula is C25H23NO3. The Bertz CT molecular complexity index is 1140. The second kappa shape index (κ2) is 7.84. The van der Waals surface area contributed by atoms with Crippen LogP contribution in [0.3, 0.4) is 0 Å². The van der Waals surface area contributed by atoms with Gasteiger partial charge in [-0.15, -0.1) is 0 Å². The van der Waals surface area contributed by atoms with Gasteiger partial charge in [-0.2, -0.15) is 0 Å². The average Bonchev–Trinajstić information content (AvgIpc) is 3.13. The smallest absolute Gasteiger partial charge is 0.338 e. The van der Waals surface area contributed by atoms with E-state index >= 15 is 0 Å². The molecule has 0 N–H and O–H groups in total. The van der Waals surface area contributed by atoms with Gasteiger partial charge < -0.3 is 14.1 Å². The minimum atomic E-state index is -0.310. The lowest BCUT2D eigenvalue weighted by atomic mass is 9.97. The monoisotopic (exact) mass is 385 g/mol. The molecule has 1 aromatic heterocycles. The topological polar surface area (TPSA) is 42.7 Å². The van der Waals surface area contributed by atoms with Crippen molar-refractivity contribution in [3.05, 3.63) is 78.4 Å². The fraction of sp³-hybridized carbons (Fsp3) is 0.160. The van der Waals surface area contributed by atoms with E-state index in [1.807, 2.05) is 44.4 Å². The molecule has 0 aliphatic carbocycles. The first kappa shape index (κ1) is 18.8. The zero-order valence-corrected chi connectivity index (χ0v) is 16.8. The Labute approximate surface area is 170 Å². The number of anilines is 1. The quantitative estimate of drug-likeness (QED) is 0.395. The number of fused-ring (bicyclic) bond motifs is 1. The van der Waals surface area contributed by atoms with Gasteiger partial charge in [0.05, 0.1) is 12.2 Å². The van der Waals surface area contributed by atoms with Crippen molar-refractivity contribution < 1.29 is 13.9 Å². The summed E-state index contributed by atoms with van der Waals surface area (Å²) in [7, 11) is 4.04. The Morgan fingerprint density at radius 2 is 1.55 bits per heavy atom. The zero-order chi connectivity index (χ0) is 20.4. The lowest BCUT2D eigenvalue weighted by Gasteiger charge is -2.12. The first-order chi connectivity index (χ1) is 14.1. The van der Waals surface area contributed by atoms with Gasteiger partial charge in [0.25, 0.3) is 0 Å². The van der Waals surface area contributed by atoms with Gasteiger partial charge in [-0.1, -0.05) is 30.3 Å². The number of carbonyl (C=O) groups is 1. The summed E-state index contributed by atoms with van der Waals surface area (Å²) < 4.78 is 11.3. The zero-order valence-electron chi connectivity index (χ0n) is 16.8. The highest BCUT2D eigenvalue weighted by molar-refractivity contribution is 6.02. The van der Waals surface area contributed by atoms with Crippen molar-refractivity contribution in [1.29, 1.82) is 0 Å². The van der Waals surface area contributed by atoms with Crippen molar-refractivity contribution in [2.24, 2.45) is 0 Å². The van der Waals surface area contributed by atoms with Crippen LogP contribution in [0.2, 0.25) is 0 Å². The molecule has 146 valence electrons. The summed E-state index contributed by atoms with van der Waals surface area (Å²) in [5.74, 6) is 0.510. The van der Waals surface area contributed by atoms with Gasteiger partial charge in [0.1, 0.15) is 11.3 Å². The molecule has 0 amide bonds. The summed E-state index contributed by atoms with van der Waals surface area (Å²) in [6, 6.07) is 23.8. The second-order valence-electron chi connectivity index (χ2n) is 7.04. The van der Waals surface area contributed by atoms with Crippen LogP contribution >= 0.6 is 0 Å². The highest BCUT2D eigenvalue weighted by Crippen LogP contribution is 2.41. The number of furan rings is 1. The van der Waals surface area contributed by atoms with Crippen LogP contribution in [0.25, 0.3) is 33.4 Å². The summed E-state index contributed by atoms with van der Waals surface area (Å²) in [5, 5.41) is 1.04. The Balaban J connectivity index is 1.83. The van der Waals surface area contributed by atoms with Crippen molar-refractivity contribution in [2.45, 2.75) is 6.92 Å². The molecule has 0 fully saturated rings. The van der Waals surface area contributed by atoms with Crippen molar-refractivity contribution >= 4 is 22.6 Å². The summed E-state index contributed by atoms with van der Waals surface area (Å²) in [6.07, 6.45) is 0. The minimum absolute atomic E-state index is 0.310. The Morgan fingerprint density at radius 3 is 2.21 bits per heavy atom. The van der Waals surface area contributed by atoms with Gasteiger partial charge in [-0.25, -0.2) is 4.79 Å². The van der Waals surface area contributed by atoms with E-state index in [1.165, 1.54) is 0 Å². The molecule has 4 rings (SSSR count). The van der Waals surface area contributed by atoms with Crippen LogP contribution in [0.15, 0.2) is 77.2 Å². The molecule has 0 atom stereocenters. The number of hydrogen-bond donors (Lipinski definition) is 0. The highest BCUT2D eigenvalue weighted by atomic mass is 16.5. The maximum absolute atomic E-state index is 12.0. The third kappa shape index (κ3) is 3.61. The molecule has 29 heavy (non-hydrogen) atoms. The largest absolute Gasteiger partial charge is 0.462 e. The van der Waals surface area contributed by atoms with Crippen LogP contribution in [0.1, 0.15) is 17.3 Å². The summed E-state index contributed by atoms with van der Waals surface area (Å²) in [6.45, 7) is 2.16. The van der Waals surface area contributed by atoms with E-state index in [1.54, 1.807) is 19.1 Å². The molecule has 4 aromatic rings. The first-order valence-electron chi connectivity index (χ1n) is 9.65. The van der Waals surface area contributed by atoms with Crippen LogP contribution < -0.4 is 4.90 Å². The molecule has 0 unspecified atom stereocenters. The third-order valence-electron chi connectivity index (χ3n) is 4.93. The van der Waals surface area contributed by atoms with E-state index in [0.717, 1.165) is 39.1 Å². The van der Waals surface area contributed by atoms with E-state index < -0.39 is 0 Å². The van der Waals surface area contributed by atoms with E-state index in [2.05, 4.69) is 35.2 Å². The SMILES string of the molecule is CCOC(=O)c1ccc(-c2c(-c3ccc(N(C)C)cc3)oc3ccccc23)cc1. The van der Waals surface area contributed by atoms with Gasteiger partial charge in [0.15, 0.2) is 0 Å². The molecule has 0 bridgehead atoms. The molecular weight excluding hydrogens is 362 g/mol. The van der Waals surface area contributed by atoms with Gasteiger partial charge >= 0.3 is 5.97 Å². The number of carbonyl (C=O) groups excluding carboxylic acids is 1. The lowest BCUT2D eigenvalue weighted by molar-refractivity contribution is 0.0526. The van der Waals surface area contributed by atoms with E-state index in [0.29, 0.717) is 12.2 Å². The van der Waals surface area contributed by atoms with E-state index in [4.69, 9.17) is 9.15 Å². The molecule has 0 radical (unpaired) electrons. The standard InChI is InChI=1S/C25H23NO3/c1-4-28-25(27)19-11-9-17(10-12-19)23-21-7-5-6-8-22(21)29-24(23)18-13-15-20(16-14-18)26(2)3/h5-16H,4H2,1-3H3. The van der Waals surface area contributed by atoms with Gasteiger partial charge in [0.2, 0.25) is 0 Å². The number of nitrogens with zero attached hydrogens (tertiary/aromatic N) is 1. The van der Waals surface area contributed by atoms with Crippen molar-refractivity contribution in [1.82, 2.24) is 0 Å². The number of hydrogen-bond acceptors (Lipinski definition) is 4. The maximum atomic E-state index is 12.0. The maximum Gasteiger partial charge on any atom is 0.338 e. The van der Waals surface area contributed by atoms with E-state index in [-0.39, 0.29) is 5.97 Å². The highest BCUT2D eigenvalue weighted by Gasteiger charge is 2.18. The summed E-state index contributed by atoms with van der Waals surface area (Å²) in [5.41, 5.74) is 5.54. The summed E-state index contributed by atoms with van der Waals surface area (Å²) >= 11 is 0. The average molecular weight is 385 g/mol. The van der Waals surface area contributed by atoms with Crippen LogP contribution in [0.5, 0.6) is 0 Å². The Hall–Kier alpha value is -3.53. The number of para-hydroxylation sites is 1. The van der Waals surface area contributed by atoms with Crippen molar-refractivity contribution in [3.8, 4) is 22.5 Å². The van der Waals surface area contributed by atoms with Crippen molar-refractivity contribution in [2.75, 3.05) is 25.6 Å².